The van der Waals surface area contributed by atoms with Crippen molar-refractivity contribution in [2.24, 2.45) is 18.1 Å². The largest absolute Gasteiger partial charge is 0.329 e. The van der Waals surface area contributed by atoms with Crippen molar-refractivity contribution < 1.29 is 0 Å². The summed E-state index contributed by atoms with van der Waals surface area (Å²) >= 11 is 0. The number of hydrogen-bond donors (Lipinski definition) is 2. The zero-order valence-electron chi connectivity index (χ0n) is 16.0. The van der Waals surface area contributed by atoms with E-state index in [2.05, 4.69) is 34.3 Å². The SMILES string of the molecule is Cc1ccc(/C=N\Nc2nc3c(c(=O)[nH]c(=O)n3C)n2CCC(C)C)cc1. The fourth-order valence-electron chi connectivity index (χ4n) is 2.74. The number of benzene rings is 1. The molecule has 0 saturated heterocycles. The molecular weight excluding hydrogens is 344 g/mol. The van der Waals surface area contributed by atoms with Crippen molar-refractivity contribution in [2.45, 2.75) is 33.7 Å². The van der Waals surface area contributed by atoms with Crippen molar-refractivity contribution in [1.29, 1.82) is 0 Å². The van der Waals surface area contributed by atoms with Gasteiger partial charge in [-0.15, -0.1) is 0 Å². The van der Waals surface area contributed by atoms with Gasteiger partial charge in [-0.3, -0.25) is 14.3 Å². The molecule has 0 radical (unpaired) electrons. The second-order valence-electron chi connectivity index (χ2n) is 7.04. The molecule has 3 aromatic rings. The zero-order valence-corrected chi connectivity index (χ0v) is 16.0. The molecule has 142 valence electrons. The molecule has 0 atom stereocenters. The first-order valence-electron chi connectivity index (χ1n) is 8.92. The monoisotopic (exact) mass is 368 g/mol. The van der Waals surface area contributed by atoms with Crippen LogP contribution in [-0.2, 0) is 13.6 Å². The van der Waals surface area contributed by atoms with Crippen molar-refractivity contribution >= 4 is 23.3 Å². The van der Waals surface area contributed by atoms with E-state index in [0.29, 0.717) is 29.6 Å². The fourth-order valence-corrected chi connectivity index (χ4v) is 2.74. The smallest absolute Gasteiger partial charge is 0.303 e. The molecule has 8 nitrogen and oxygen atoms in total. The van der Waals surface area contributed by atoms with Crippen molar-refractivity contribution in [1.82, 2.24) is 19.1 Å². The number of aromatic amines is 1. The number of aryl methyl sites for hydroxylation is 3. The number of H-pyrrole nitrogens is 1. The lowest BCUT2D eigenvalue weighted by Gasteiger charge is -2.09. The van der Waals surface area contributed by atoms with Gasteiger partial charge in [-0.25, -0.2) is 10.2 Å². The van der Waals surface area contributed by atoms with Crippen LogP contribution in [0.25, 0.3) is 11.2 Å². The number of rotatable bonds is 6. The second-order valence-corrected chi connectivity index (χ2v) is 7.04. The predicted molar refractivity (Wildman–Crippen MR) is 107 cm³/mol. The molecule has 2 N–H and O–H groups in total. The van der Waals surface area contributed by atoms with Gasteiger partial charge in [0.25, 0.3) is 5.56 Å². The van der Waals surface area contributed by atoms with E-state index in [0.717, 1.165) is 12.0 Å². The lowest BCUT2D eigenvalue weighted by Crippen LogP contribution is -2.29. The third-order valence-corrected chi connectivity index (χ3v) is 4.39. The summed E-state index contributed by atoms with van der Waals surface area (Å²) < 4.78 is 3.11. The van der Waals surface area contributed by atoms with Crippen molar-refractivity contribution in [3.63, 3.8) is 0 Å². The van der Waals surface area contributed by atoms with Gasteiger partial charge in [0, 0.05) is 13.6 Å². The molecule has 0 unspecified atom stereocenters. The van der Waals surface area contributed by atoms with E-state index in [1.54, 1.807) is 17.8 Å². The molecule has 1 aromatic carbocycles. The third-order valence-electron chi connectivity index (χ3n) is 4.39. The third kappa shape index (κ3) is 3.99. The summed E-state index contributed by atoms with van der Waals surface area (Å²) in [5.74, 6) is 0.888. The summed E-state index contributed by atoms with van der Waals surface area (Å²) in [7, 11) is 1.58. The first-order chi connectivity index (χ1) is 12.9. The highest BCUT2D eigenvalue weighted by Crippen LogP contribution is 2.17. The molecule has 0 aliphatic carbocycles. The number of nitrogens with zero attached hydrogens (tertiary/aromatic N) is 4. The number of nitrogens with one attached hydrogen (secondary N) is 2. The Labute approximate surface area is 156 Å². The molecule has 0 fully saturated rings. The van der Waals surface area contributed by atoms with Gasteiger partial charge in [0.2, 0.25) is 5.95 Å². The molecule has 3 rings (SSSR count). The van der Waals surface area contributed by atoms with E-state index in [1.165, 1.54) is 10.1 Å². The first kappa shape index (κ1) is 18.6. The number of imidazole rings is 1. The van der Waals surface area contributed by atoms with Gasteiger partial charge in [-0.2, -0.15) is 10.1 Å². The topological polar surface area (TPSA) is 97.1 Å². The van der Waals surface area contributed by atoms with Crippen LogP contribution in [0.15, 0.2) is 39.0 Å². The molecular formula is C19H24N6O2. The van der Waals surface area contributed by atoms with Gasteiger partial charge in [-0.1, -0.05) is 43.7 Å². The van der Waals surface area contributed by atoms with Crippen LogP contribution in [0, 0.1) is 12.8 Å². The minimum atomic E-state index is -0.490. The molecule has 0 aliphatic heterocycles. The Morgan fingerprint density at radius 1 is 1.26 bits per heavy atom. The summed E-state index contributed by atoms with van der Waals surface area (Å²) in [5, 5.41) is 4.25. The Morgan fingerprint density at radius 2 is 1.96 bits per heavy atom. The van der Waals surface area contributed by atoms with E-state index < -0.39 is 11.2 Å². The lowest BCUT2D eigenvalue weighted by atomic mass is 10.1. The van der Waals surface area contributed by atoms with Crippen molar-refractivity contribution in [2.75, 3.05) is 5.43 Å². The lowest BCUT2D eigenvalue weighted by molar-refractivity contribution is 0.524. The summed E-state index contributed by atoms with van der Waals surface area (Å²) in [6.07, 6.45) is 2.55. The van der Waals surface area contributed by atoms with E-state index in [9.17, 15) is 9.59 Å². The van der Waals surface area contributed by atoms with Crippen LogP contribution in [0.2, 0.25) is 0 Å². The standard InChI is InChI=1S/C19H24N6O2/c1-12(2)9-10-25-15-16(24(4)19(27)22-17(15)26)21-18(25)23-20-11-14-7-5-13(3)6-8-14/h5-8,11-12H,9-10H2,1-4H3,(H,21,23)(H,22,26,27)/b20-11-. The quantitative estimate of drug-likeness (QED) is 0.515. The molecule has 2 aromatic heterocycles. The van der Waals surface area contributed by atoms with Crippen LogP contribution in [0.5, 0.6) is 0 Å². The van der Waals surface area contributed by atoms with Crippen LogP contribution < -0.4 is 16.7 Å². The summed E-state index contributed by atoms with van der Waals surface area (Å²) in [4.78, 5) is 31.0. The minimum absolute atomic E-state index is 0.334. The molecule has 0 saturated carbocycles. The maximum absolute atomic E-state index is 12.4. The number of fused-ring (bicyclic) bond motifs is 1. The van der Waals surface area contributed by atoms with Crippen LogP contribution in [0.4, 0.5) is 5.95 Å². The average molecular weight is 368 g/mol. The van der Waals surface area contributed by atoms with Crippen molar-refractivity contribution in [3.05, 3.63) is 56.2 Å². The molecule has 0 bridgehead atoms. The first-order valence-corrected chi connectivity index (χ1v) is 8.92. The summed E-state index contributed by atoms with van der Waals surface area (Å²) in [6, 6.07) is 7.95. The van der Waals surface area contributed by atoms with Crippen LogP contribution >= 0.6 is 0 Å². The summed E-state index contributed by atoms with van der Waals surface area (Å²) in [5.41, 5.74) is 4.81. The number of anilines is 1. The number of hydrazone groups is 1. The Kier molecular flexibility index (Phi) is 5.25. The van der Waals surface area contributed by atoms with Gasteiger partial charge >= 0.3 is 5.69 Å². The predicted octanol–water partition coefficient (Wildman–Crippen LogP) is 2.22. The van der Waals surface area contributed by atoms with Gasteiger partial charge in [0.1, 0.15) is 0 Å². The average Bonchev–Trinajstić information content (AvgIpc) is 2.99. The van der Waals surface area contributed by atoms with Gasteiger partial charge < -0.3 is 4.57 Å². The maximum atomic E-state index is 12.4. The highest BCUT2D eigenvalue weighted by atomic mass is 16.2. The van der Waals surface area contributed by atoms with E-state index >= 15 is 0 Å². The van der Waals surface area contributed by atoms with Gasteiger partial charge in [-0.05, 0) is 24.8 Å². The molecule has 0 amide bonds. The van der Waals surface area contributed by atoms with Crippen molar-refractivity contribution in [3.8, 4) is 0 Å². The molecule has 0 aliphatic rings. The highest BCUT2D eigenvalue weighted by molar-refractivity contribution is 5.80. The molecule has 27 heavy (non-hydrogen) atoms. The normalized spacial score (nSPS) is 11.7. The number of aromatic nitrogens is 4. The highest BCUT2D eigenvalue weighted by Gasteiger charge is 2.17. The Morgan fingerprint density at radius 3 is 2.63 bits per heavy atom. The van der Waals surface area contributed by atoms with Crippen LogP contribution in [0.1, 0.15) is 31.4 Å². The Hall–Kier alpha value is -3.16. The molecule has 8 heteroatoms. The Bertz CT molecular complexity index is 1090. The number of hydrogen-bond acceptors (Lipinski definition) is 5. The van der Waals surface area contributed by atoms with Gasteiger partial charge in [0.05, 0.1) is 6.21 Å². The maximum Gasteiger partial charge on any atom is 0.329 e. The van der Waals surface area contributed by atoms with Gasteiger partial charge in [0.15, 0.2) is 11.2 Å². The zero-order chi connectivity index (χ0) is 19.6. The fraction of sp³-hybridized carbons (Fsp3) is 0.368. The van der Waals surface area contributed by atoms with E-state index in [-0.39, 0.29) is 0 Å². The van der Waals surface area contributed by atoms with Crippen LogP contribution in [0.3, 0.4) is 0 Å². The minimum Gasteiger partial charge on any atom is -0.303 e. The second kappa shape index (κ2) is 7.61. The Balaban J connectivity index is 2.00. The molecule has 0 spiro atoms. The van der Waals surface area contributed by atoms with E-state index in [1.807, 2.05) is 31.2 Å². The van der Waals surface area contributed by atoms with E-state index in [4.69, 9.17) is 0 Å². The molecule has 2 heterocycles. The van der Waals surface area contributed by atoms with Crippen LogP contribution in [-0.4, -0.2) is 25.3 Å². The summed E-state index contributed by atoms with van der Waals surface area (Å²) in [6.45, 7) is 6.85.